The van der Waals surface area contributed by atoms with Gasteiger partial charge in [0, 0.05) is 31.7 Å². The summed E-state index contributed by atoms with van der Waals surface area (Å²) in [6.07, 6.45) is 6.17. The standard InChI is InChI=1S/C13H22N4/c1-10(2)17-6-4-5-11(9-17)12-7-15-8-13(14-3)16-12/h7-8,10-11H,4-6,9H2,1-3H3,(H,14,16). The van der Waals surface area contributed by atoms with Gasteiger partial charge in [-0.25, -0.2) is 4.98 Å². The van der Waals surface area contributed by atoms with E-state index in [1.54, 1.807) is 6.20 Å². The molecule has 1 aromatic heterocycles. The van der Waals surface area contributed by atoms with Gasteiger partial charge in [0.1, 0.15) is 5.82 Å². The van der Waals surface area contributed by atoms with Gasteiger partial charge in [-0.1, -0.05) is 0 Å². The van der Waals surface area contributed by atoms with Crippen molar-refractivity contribution in [2.45, 2.75) is 38.6 Å². The molecule has 4 nitrogen and oxygen atoms in total. The Morgan fingerprint density at radius 3 is 2.94 bits per heavy atom. The van der Waals surface area contributed by atoms with Crippen molar-refractivity contribution in [3.05, 3.63) is 18.1 Å². The topological polar surface area (TPSA) is 41.1 Å². The summed E-state index contributed by atoms with van der Waals surface area (Å²) < 4.78 is 0. The molecule has 0 amide bonds. The van der Waals surface area contributed by atoms with Crippen LogP contribution < -0.4 is 5.32 Å². The van der Waals surface area contributed by atoms with E-state index in [1.165, 1.54) is 19.4 Å². The molecule has 4 heteroatoms. The molecule has 2 heterocycles. The van der Waals surface area contributed by atoms with E-state index in [2.05, 4.69) is 34.0 Å². The zero-order chi connectivity index (χ0) is 12.3. The van der Waals surface area contributed by atoms with E-state index in [0.29, 0.717) is 12.0 Å². The second-order valence-corrected chi connectivity index (χ2v) is 5.01. The third-order valence-corrected chi connectivity index (χ3v) is 3.51. The number of hydrogen-bond acceptors (Lipinski definition) is 4. The molecule has 0 bridgehead atoms. The molecule has 1 aliphatic rings. The average Bonchev–Trinajstić information content (AvgIpc) is 2.39. The highest BCUT2D eigenvalue weighted by atomic mass is 15.2. The Morgan fingerprint density at radius 1 is 1.41 bits per heavy atom. The highest BCUT2D eigenvalue weighted by Crippen LogP contribution is 2.26. The second-order valence-electron chi connectivity index (χ2n) is 5.01. The molecule has 1 atom stereocenters. The molecule has 1 aliphatic heterocycles. The number of aromatic nitrogens is 2. The summed E-state index contributed by atoms with van der Waals surface area (Å²) in [6, 6.07) is 0.623. The van der Waals surface area contributed by atoms with Crippen LogP contribution in [0.25, 0.3) is 0 Å². The molecular weight excluding hydrogens is 212 g/mol. The van der Waals surface area contributed by atoms with E-state index in [-0.39, 0.29) is 0 Å². The Morgan fingerprint density at radius 2 is 2.24 bits per heavy atom. The Balaban J connectivity index is 2.10. The van der Waals surface area contributed by atoms with Gasteiger partial charge >= 0.3 is 0 Å². The molecule has 1 aromatic rings. The van der Waals surface area contributed by atoms with Gasteiger partial charge in [0.25, 0.3) is 0 Å². The van der Waals surface area contributed by atoms with Gasteiger partial charge in [-0.15, -0.1) is 0 Å². The lowest BCUT2D eigenvalue weighted by Gasteiger charge is -2.35. The molecule has 1 unspecified atom stereocenters. The molecular formula is C13H22N4. The highest BCUT2D eigenvalue weighted by Gasteiger charge is 2.24. The summed E-state index contributed by atoms with van der Waals surface area (Å²) in [4.78, 5) is 11.4. The van der Waals surface area contributed by atoms with Crippen LogP contribution in [0.2, 0.25) is 0 Å². The first-order chi connectivity index (χ1) is 8.20. The van der Waals surface area contributed by atoms with E-state index in [1.807, 2.05) is 13.2 Å². The van der Waals surface area contributed by atoms with Crippen LogP contribution in [-0.4, -0.2) is 41.0 Å². The minimum atomic E-state index is 0.534. The number of anilines is 1. The van der Waals surface area contributed by atoms with Crippen LogP contribution in [0.3, 0.4) is 0 Å². The van der Waals surface area contributed by atoms with E-state index >= 15 is 0 Å². The van der Waals surface area contributed by atoms with Crippen LogP contribution in [0.4, 0.5) is 5.82 Å². The molecule has 94 valence electrons. The number of nitrogens with one attached hydrogen (secondary N) is 1. The van der Waals surface area contributed by atoms with Crippen molar-refractivity contribution < 1.29 is 0 Å². The molecule has 0 radical (unpaired) electrons. The van der Waals surface area contributed by atoms with Gasteiger partial charge < -0.3 is 10.2 Å². The summed E-state index contributed by atoms with van der Waals surface area (Å²) in [5, 5.41) is 3.05. The molecule has 0 aliphatic carbocycles. The monoisotopic (exact) mass is 234 g/mol. The predicted octanol–water partition coefficient (Wildman–Crippen LogP) is 2.11. The van der Waals surface area contributed by atoms with Crippen molar-refractivity contribution in [3.8, 4) is 0 Å². The van der Waals surface area contributed by atoms with Crippen molar-refractivity contribution in [1.29, 1.82) is 0 Å². The first kappa shape index (κ1) is 12.3. The molecule has 17 heavy (non-hydrogen) atoms. The van der Waals surface area contributed by atoms with Crippen LogP contribution in [0.5, 0.6) is 0 Å². The minimum absolute atomic E-state index is 0.534. The normalized spacial score (nSPS) is 21.8. The fourth-order valence-electron chi connectivity index (χ4n) is 2.42. The van der Waals surface area contributed by atoms with E-state index in [4.69, 9.17) is 0 Å². The highest BCUT2D eigenvalue weighted by molar-refractivity contribution is 5.31. The SMILES string of the molecule is CNc1cncc(C2CCCN(C(C)C)C2)n1. The van der Waals surface area contributed by atoms with Crippen LogP contribution >= 0.6 is 0 Å². The van der Waals surface area contributed by atoms with Crippen LogP contribution in [0, 0.1) is 0 Å². The van der Waals surface area contributed by atoms with Gasteiger partial charge in [0.15, 0.2) is 0 Å². The van der Waals surface area contributed by atoms with Gasteiger partial charge in [-0.2, -0.15) is 0 Å². The van der Waals surface area contributed by atoms with Crippen LogP contribution in [-0.2, 0) is 0 Å². The van der Waals surface area contributed by atoms with Gasteiger partial charge in [0.05, 0.1) is 11.9 Å². The molecule has 1 fully saturated rings. The third-order valence-electron chi connectivity index (χ3n) is 3.51. The third kappa shape index (κ3) is 2.94. The van der Waals surface area contributed by atoms with E-state index in [9.17, 15) is 0 Å². The molecule has 0 aromatic carbocycles. The number of likely N-dealkylation sites (tertiary alicyclic amines) is 1. The molecule has 0 saturated carbocycles. The largest absolute Gasteiger partial charge is 0.372 e. The zero-order valence-corrected chi connectivity index (χ0v) is 11.0. The number of nitrogens with zero attached hydrogens (tertiary/aromatic N) is 3. The van der Waals surface area contributed by atoms with Gasteiger partial charge in [-0.3, -0.25) is 4.98 Å². The van der Waals surface area contributed by atoms with E-state index in [0.717, 1.165) is 18.1 Å². The van der Waals surface area contributed by atoms with E-state index < -0.39 is 0 Å². The van der Waals surface area contributed by atoms with Crippen molar-refractivity contribution in [3.63, 3.8) is 0 Å². The van der Waals surface area contributed by atoms with Crippen LogP contribution in [0.1, 0.15) is 38.3 Å². The quantitative estimate of drug-likeness (QED) is 0.869. The Hall–Kier alpha value is -1.16. The maximum Gasteiger partial charge on any atom is 0.144 e. The summed E-state index contributed by atoms with van der Waals surface area (Å²) in [7, 11) is 1.88. The lowest BCUT2D eigenvalue weighted by atomic mass is 9.94. The average molecular weight is 234 g/mol. The Kier molecular flexibility index (Phi) is 3.94. The fraction of sp³-hybridized carbons (Fsp3) is 0.692. The van der Waals surface area contributed by atoms with Crippen molar-refractivity contribution in [2.75, 3.05) is 25.5 Å². The molecule has 2 rings (SSSR count). The zero-order valence-electron chi connectivity index (χ0n) is 11.0. The Bertz CT molecular complexity index is 364. The number of hydrogen-bond donors (Lipinski definition) is 1. The van der Waals surface area contributed by atoms with Crippen molar-refractivity contribution in [1.82, 2.24) is 14.9 Å². The van der Waals surface area contributed by atoms with Crippen molar-refractivity contribution in [2.24, 2.45) is 0 Å². The van der Waals surface area contributed by atoms with Crippen molar-refractivity contribution >= 4 is 5.82 Å². The van der Waals surface area contributed by atoms with Gasteiger partial charge in [-0.05, 0) is 33.2 Å². The molecule has 1 saturated heterocycles. The Labute approximate surface area is 103 Å². The first-order valence-electron chi connectivity index (χ1n) is 6.44. The van der Waals surface area contributed by atoms with Crippen LogP contribution in [0.15, 0.2) is 12.4 Å². The minimum Gasteiger partial charge on any atom is -0.372 e. The number of piperidine rings is 1. The summed E-state index contributed by atoms with van der Waals surface area (Å²) in [5.41, 5.74) is 1.13. The maximum absolute atomic E-state index is 4.61. The summed E-state index contributed by atoms with van der Waals surface area (Å²) >= 11 is 0. The van der Waals surface area contributed by atoms with Gasteiger partial charge in [0.2, 0.25) is 0 Å². The first-order valence-corrected chi connectivity index (χ1v) is 6.44. The maximum atomic E-state index is 4.61. The lowest BCUT2D eigenvalue weighted by molar-refractivity contribution is 0.166. The number of rotatable bonds is 3. The summed E-state index contributed by atoms with van der Waals surface area (Å²) in [5.74, 6) is 1.40. The smallest absolute Gasteiger partial charge is 0.144 e. The molecule has 0 spiro atoms. The second kappa shape index (κ2) is 5.45. The summed E-state index contributed by atoms with van der Waals surface area (Å²) in [6.45, 7) is 6.85. The predicted molar refractivity (Wildman–Crippen MR) is 70.3 cm³/mol. The fourth-order valence-corrected chi connectivity index (χ4v) is 2.42. The molecule has 1 N–H and O–H groups in total. The lowest BCUT2D eigenvalue weighted by Crippen LogP contribution is -2.39.